The Morgan fingerprint density at radius 3 is 2.69 bits per heavy atom. The topological polar surface area (TPSA) is 115 Å². The van der Waals surface area contributed by atoms with Gasteiger partial charge in [0.2, 0.25) is 10.0 Å². The first-order valence-electron chi connectivity index (χ1n) is 4.41. The second-order valence-corrected chi connectivity index (χ2v) is 4.71. The molecule has 1 aromatic carbocycles. The van der Waals surface area contributed by atoms with Crippen molar-refractivity contribution < 1.29 is 13.3 Å². The molecule has 0 unspecified atom stereocenters. The zero-order chi connectivity index (χ0) is 12.2. The van der Waals surface area contributed by atoms with Gasteiger partial charge in [-0.05, 0) is 6.07 Å². The fraction of sp³-hybridized carbons (Fsp3) is 0.250. The number of non-ortho nitro benzene ring substituents is 1. The molecular formula is C8H11N3O4S. The van der Waals surface area contributed by atoms with Crippen molar-refractivity contribution in [3.63, 3.8) is 0 Å². The number of sulfonamides is 1. The Morgan fingerprint density at radius 1 is 1.44 bits per heavy atom. The predicted molar refractivity (Wildman–Crippen MR) is 57.3 cm³/mol. The Morgan fingerprint density at radius 2 is 2.12 bits per heavy atom. The van der Waals surface area contributed by atoms with E-state index in [4.69, 9.17) is 5.73 Å². The van der Waals surface area contributed by atoms with Crippen LogP contribution in [0.5, 0.6) is 0 Å². The van der Waals surface area contributed by atoms with E-state index in [1.807, 2.05) is 0 Å². The SMILES string of the molecule is NCCNS(=O)(=O)c1cccc([N+](=O)[O-])c1. The first-order chi connectivity index (χ1) is 7.47. The van der Waals surface area contributed by atoms with E-state index >= 15 is 0 Å². The summed E-state index contributed by atoms with van der Waals surface area (Å²) in [6.45, 7) is 0.249. The largest absolute Gasteiger partial charge is 0.329 e. The van der Waals surface area contributed by atoms with E-state index in [9.17, 15) is 18.5 Å². The van der Waals surface area contributed by atoms with Gasteiger partial charge in [0.1, 0.15) is 0 Å². The average molecular weight is 245 g/mol. The van der Waals surface area contributed by atoms with Crippen LogP contribution in [0.1, 0.15) is 0 Å². The lowest BCUT2D eigenvalue weighted by atomic mass is 10.3. The third kappa shape index (κ3) is 2.99. The molecule has 0 aromatic heterocycles. The number of nitrogens with two attached hydrogens (primary N) is 1. The number of hydrogen-bond donors (Lipinski definition) is 2. The normalized spacial score (nSPS) is 11.3. The Balaban J connectivity index is 3.04. The second kappa shape index (κ2) is 5.01. The molecule has 0 aliphatic heterocycles. The van der Waals surface area contributed by atoms with E-state index < -0.39 is 14.9 Å². The summed E-state index contributed by atoms with van der Waals surface area (Å²) in [6.07, 6.45) is 0. The van der Waals surface area contributed by atoms with Crippen molar-refractivity contribution in [1.82, 2.24) is 4.72 Å². The molecule has 1 aromatic rings. The maximum Gasteiger partial charge on any atom is 0.270 e. The minimum Gasteiger partial charge on any atom is -0.329 e. The molecule has 0 heterocycles. The Bertz CT molecular complexity index is 486. The Kier molecular flexibility index (Phi) is 3.93. The molecule has 0 saturated heterocycles. The first kappa shape index (κ1) is 12.6. The fourth-order valence-corrected chi connectivity index (χ4v) is 2.13. The van der Waals surface area contributed by atoms with Crippen LogP contribution >= 0.6 is 0 Å². The van der Waals surface area contributed by atoms with Crippen molar-refractivity contribution in [2.75, 3.05) is 13.1 Å². The molecule has 0 spiro atoms. The van der Waals surface area contributed by atoms with Crippen LogP contribution in [0.15, 0.2) is 29.2 Å². The highest BCUT2D eigenvalue weighted by Gasteiger charge is 2.16. The van der Waals surface area contributed by atoms with Gasteiger partial charge in [-0.3, -0.25) is 10.1 Å². The number of benzene rings is 1. The Labute approximate surface area is 92.5 Å². The molecule has 0 bridgehead atoms. The van der Waals surface area contributed by atoms with Crippen LogP contribution < -0.4 is 10.5 Å². The maximum absolute atomic E-state index is 11.6. The molecule has 1 rings (SSSR count). The van der Waals surface area contributed by atoms with Gasteiger partial charge in [0, 0.05) is 25.2 Å². The molecule has 3 N–H and O–H groups in total. The lowest BCUT2D eigenvalue weighted by Crippen LogP contribution is -2.29. The van der Waals surface area contributed by atoms with Crippen LogP contribution in [-0.2, 0) is 10.0 Å². The number of nitrogens with zero attached hydrogens (tertiary/aromatic N) is 1. The molecule has 16 heavy (non-hydrogen) atoms. The van der Waals surface area contributed by atoms with Crippen LogP contribution in [0.2, 0.25) is 0 Å². The third-order valence-electron chi connectivity index (χ3n) is 1.78. The van der Waals surface area contributed by atoms with Gasteiger partial charge in [-0.15, -0.1) is 0 Å². The van der Waals surface area contributed by atoms with Gasteiger partial charge in [0.15, 0.2) is 0 Å². The summed E-state index contributed by atoms with van der Waals surface area (Å²) in [5, 5.41) is 10.5. The van der Waals surface area contributed by atoms with Gasteiger partial charge in [0.25, 0.3) is 5.69 Å². The smallest absolute Gasteiger partial charge is 0.270 e. The minimum absolute atomic E-state index is 0.0883. The molecule has 0 aliphatic carbocycles. The van der Waals surface area contributed by atoms with E-state index in [1.165, 1.54) is 18.2 Å². The number of nitro groups is 1. The third-order valence-corrected chi connectivity index (χ3v) is 3.23. The lowest BCUT2D eigenvalue weighted by Gasteiger charge is -2.04. The van der Waals surface area contributed by atoms with Gasteiger partial charge >= 0.3 is 0 Å². The molecule has 0 fully saturated rings. The molecule has 0 aliphatic rings. The minimum atomic E-state index is -3.71. The van der Waals surface area contributed by atoms with E-state index in [-0.39, 0.29) is 23.7 Å². The molecule has 8 heteroatoms. The second-order valence-electron chi connectivity index (χ2n) is 2.94. The summed E-state index contributed by atoms with van der Waals surface area (Å²) >= 11 is 0. The number of rotatable bonds is 5. The molecule has 7 nitrogen and oxygen atoms in total. The van der Waals surface area contributed by atoms with Crippen molar-refractivity contribution in [3.05, 3.63) is 34.4 Å². The fourth-order valence-electron chi connectivity index (χ4n) is 1.04. The molecule has 0 saturated carbocycles. The van der Waals surface area contributed by atoms with Crippen LogP contribution in [0, 0.1) is 10.1 Å². The van der Waals surface area contributed by atoms with Crippen LogP contribution in [0.4, 0.5) is 5.69 Å². The van der Waals surface area contributed by atoms with Gasteiger partial charge < -0.3 is 5.73 Å². The monoisotopic (exact) mass is 245 g/mol. The standard InChI is InChI=1S/C8H11N3O4S/c9-4-5-10-16(14,15)8-3-1-2-7(6-8)11(12)13/h1-3,6,10H,4-5,9H2. The Hall–Kier alpha value is -1.51. The summed E-state index contributed by atoms with van der Waals surface area (Å²) in [6, 6.07) is 4.82. The summed E-state index contributed by atoms with van der Waals surface area (Å²) in [5.74, 6) is 0. The van der Waals surface area contributed by atoms with Gasteiger partial charge in [0.05, 0.1) is 9.82 Å². The molecular weight excluding hydrogens is 234 g/mol. The molecule has 0 radical (unpaired) electrons. The van der Waals surface area contributed by atoms with E-state index in [0.29, 0.717) is 0 Å². The molecule has 88 valence electrons. The van der Waals surface area contributed by atoms with Crippen LogP contribution in [0.3, 0.4) is 0 Å². The number of hydrogen-bond acceptors (Lipinski definition) is 5. The summed E-state index contributed by atoms with van der Waals surface area (Å²) in [7, 11) is -3.71. The van der Waals surface area contributed by atoms with Crippen LogP contribution in [0.25, 0.3) is 0 Å². The molecule has 0 amide bonds. The number of nitrogens with one attached hydrogen (secondary N) is 1. The van der Waals surface area contributed by atoms with E-state index in [1.54, 1.807) is 0 Å². The van der Waals surface area contributed by atoms with Crippen molar-refractivity contribution >= 4 is 15.7 Å². The highest BCUT2D eigenvalue weighted by atomic mass is 32.2. The quantitative estimate of drug-likeness (QED) is 0.552. The van der Waals surface area contributed by atoms with Gasteiger partial charge in [-0.2, -0.15) is 0 Å². The van der Waals surface area contributed by atoms with Crippen molar-refractivity contribution in [2.24, 2.45) is 5.73 Å². The maximum atomic E-state index is 11.6. The zero-order valence-corrected chi connectivity index (χ0v) is 9.11. The van der Waals surface area contributed by atoms with E-state index in [0.717, 1.165) is 6.07 Å². The van der Waals surface area contributed by atoms with Gasteiger partial charge in [-0.25, -0.2) is 13.1 Å². The molecule has 0 atom stereocenters. The zero-order valence-electron chi connectivity index (χ0n) is 8.29. The van der Waals surface area contributed by atoms with Crippen molar-refractivity contribution in [1.29, 1.82) is 0 Å². The van der Waals surface area contributed by atoms with Gasteiger partial charge in [-0.1, -0.05) is 6.07 Å². The first-order valence-corrected chi connectivity index (χ1v) is 5.90. The predicted octanol–water partition coefficient (Wildman–Crippen LogP) is -0.168. The van der Waals surface area contributed by atoms with Crippen molar-refractivity contribution in [2.45, 2.75) is 4.90 Å². The van der Waals surface area contributed by atoms with E-state index in [2.05, 4.69) is 4.72 Å². The van der Waals surface area contributed by atoms with Crippen molar-refractivity contribution in [3.8, 4) is 0 Å². The lowest BCUT2D eigenvalue weighted by molar-refractivity contribution is -0.385. The summed E-state index contributed by atoms with van der Waals surface area (Å²) < 4.78 is 25.4. The highest BCUT2D eigenvalue weighted by molar-refractivity contribution is 7.89. The van der Waals surface area contributed by atoms with Crippen LogP contribution in [-0.4, -0.2) is 26.4 Å². The average Bonchev–Trinajstić information content (AvgIpc) is 2.26. The number of nitro benzene ring substituents is 1. The summed E-state index contributed by atoms with van der Waals surface area (Å²) in [5.41, 5.74) is 4.89. The highest BCUT2D eigenvalue weighted by Crippen LogP contribution is 2.16. The summed E-state index contributed by atoms with van der Waals surface area (Å²) in [4.78, 5) is 9.67.